The number of hydrogen-bond acceptors (Lipinski definition) is 10. The van der Waals surface area contributed by atoms with Gasteiger partial charge in [0.25, 0.3) is 0 Å². The van der Waals surface area contributed by atoms with Crippen molar-refractivity contribution in [3.05, 3.63) is 96.1 Å². The van der Waals surface area contributed by atoms with Gasteiger partial charge in [-0.15, -0.1) is 0 Å². The van der Waals surface area contributed by atoms with Crippen LogP contribution in [0.3, 0.4) is 0 Å². The van der Waals surface area contributed by atoms with Crippen molar-refractivity contribution in [1.29, 1.82) is 0 Å². The van der Waals surface area contributed by atoms with E-state index < -0.39 is 18.0 Å². The number of hydrogen-bond donors (Lipinski definition) is 4. The third-order valence-corrected chi connectivity index (χ3v) is 7.89. The quantitative estimate of drug-likeness (QED) is 0.144. The number of anilines is 4. The summed E-state index contributed by atoms with van der Waals surface area (Å²) in [7, 11) is 0. The second kappa shape index (κ2) is 13.8. The van der Waals surface area contributed by atoms with E-state index in [0.29, 0.717) is 34.7 Å². The number of rotatable bonds is 11. The SMILES string of the molecule is Cc1ccc(C(O)Nc2ccc(-n3ccnc3C)c(C(F)(F)F)c2)cc1Nc1nccn1-c1cc(NCCN2CCOCC2)ncn1. The summed E-state index contributed by atoms with van der Waals surface area (Å²) >= 11 is 0. The lowest BCUT2D eigenvalue weighted by atomic mass is 10.1. The zero-order valence-corrected chi connectivity index (χ0v) is 25.9. The minimum Gasteiger partial charge on any atom is -0.379 e. The van der Waals surface area contributed by atoms with Crippen LogP contribution in [0.4, 0.5) is 36.3 Å². The van der Waals surface area contributed by atoms with Crippen molar-refractivity contribution in [2.24, 2.45) is 0 Å². The Morgan fingerprint density at radius 1 is 0.936 bits per heavy atom. The maximum absolute atomic E-state index is 14.0. The van der Waals surface area contributed by atoms with E-state index >= 15 is 0 Å². The van der Waals surface area contributed by atoms with Crippen LogP contribution in [0.1, 0.15) is 28.7 Å². The number of aliphatic hydroxyl groups is 1. The van der Waals surface area contributed by atoms with Gasteiger partial charge in [-0.05, 0) is 43.7 Å². The van der Waals surface area contributed by atoms with E-state index in [-0.39, 0.29) is 11.4 Å². The standard InChI is InChI=1S/C32H35F3N10O2/c1-21-3-4-23(30(46)41-24-5-6-27(25(18-24)32(33,34)35)44-11-8-36-22(44)2)17-26(21)42-31-38-9-12-45(31)29-19-28(39-20-40-29)37-7-10-43-13-15-47-16-14-43/h3-6,8-9,11-12,17-20,30,41,46H,7,10,13-16H2,1-2H3,(H,38,42)(H,37,39,40). The average Bonchev–Trinajstić information content (AvgIpc) is 3.71. The molecule has 1 fully saturated rings. The lowest BCUT2D eigenvalue weighted by Gasteiger charge is -2.26. The van der Waals surface area contributed by atoms with Gasteiger partial charge in [0.05, 0.1) is 24.5 Å². The highest BCUT2D eigenvalue weighted by atomic mass is 19.4. The number of aliphatic hydroxyl groups excluding tert-OH is 1. The predicted octanol–water partition coefficient (Wildman–Crippen LogP) is 5.07. The fourth-order valence-corrected chi connectivity index (χ4v) is 5.32. The highest BCUT2D eigenvalue weighted by Gasteiger charge is 2.34. The second-order valence-electron chi connectivity index (χ2n) is 11.1. The molecular weight excluding hydrogens is 613 g/mol. The maximum atomic E-state index is 14.0. The van der Waals surface area contributed by atoms with Gasteiger partial charge in [0.15, 0.2) is 6.23 Å². The molecule has 3 aromatic heterocycles. The van der Waals surface area contributed by atoms with Crippen LogP contribution in [0.2, 0.25) is 0 Å². The predicted molar refractivity (Wildman–Crippen MR) is 171 cm³/mol. The van der Waals surface area contributed by atoms with Crippen LogP contribution in [0.15, 0.2) is 73.6 Å². The monoisotopic (exact) mass is 648 g/mol. The summed E-state index contributed by atoms with van der Waals surface area (Å²) in [6.07, 6.45) is 1.88. The Morgan fingerprint density at radius 3 is 2.49 bits per heavy atom. The molecule has 1 saturated heterocycles. The number of morpholine rings is 1. The van der Waals surface area contributed by atoms with Gasteiger partial charge in [-0.25, -0.2) is 19.9 Å². The highest BCUT2D eigenvalue weighted by Crippen LogP contribution is 2.37. The van der Waals surface area contributed by atoms with Crippen molar-refractivity contribution in [2.45, 2.75) is 26.3 Å². The molecule has 1 aliphatic rings. The number of aryl methyl sites for hydroxylation is 2. The Bertz CT molecular complexity index is 1820. The summed E-state index contributed by atoms with van der Waals surface area (Å²) in [5.41, 5.74) is 1.15. The van der Waals surface area contributed by atoms with Gasteiger partial charge < -0.3 is 30.4 Å². The van der Waals surface area contributed by atoms with Crippen LogP contribution in [0.5, 0.6) is 0 Å². The van der Waals surface area contributed by atoms with Gasteiger partial charge >= 0.3 is 6.18 Å². The van der Waals surface area contributed by atoms with Gasteiger partial charge in [-0.1, -0.05) is 12.1 Å². The summed E-state index contributed by atoms with van der Waals surface area (Å²) in [5, 5.41) is 20.5. The first-order valence-electron chi connectivity index (χ1n) is 15.1. The van der Waals surface area contributed by atoms with Crippen LogP contribution in [-0.4, -0.2) is 78.5 Å². The molecule has 0 spiro atoms. The first-order valence-corrected chi connectivity index (χ1v) is 15.1. The molecule has 1 atom stereocenters. The number of alkyl halides is 3. The smallest absolute Gasteiger partial charge is 0.379 e. The zero-order valence-electron chi connectivity index (χ0n) is 25.9. The number of imidazole rings is 2. The number of nitrogens with one attached hydrogen (secondary N) is 3. The molecule has 1 aliphatic heterocycles. The number of benzene rings is 2. The normalized spacial score (nSPS) is 14.6. The molecule has 0 amide bonds. The first-order chi connectivity index (χ1) is 22.7. The molecule has 12 nitrogen and oxygen atoms in total. The van der Waals surface area contributed by atoms with Gasteiger partial charge in [-0.2, -0.15) is 13.2 Å². The van der Waals surface area contributed by atoms with Crippen molar-refractivity contribution < 1.29 is 23.0 Å². The molecule has 246 valence electrons. The van der Waals surface area contributed by atoms with Gasteiger partial charge in [0.1, 0.15) is 23.8 Å². The molecule has 47 heavy (non-hydrogen) atoms. The molecule has 2 aromatic carbocycles. The minimum absolute atomic E-state index is 0.0514. The third-order valence-electron chi connectivity index (χ3n) is 7.89. The maximum Gasteiger partial charge on any atom is 0.418 e. The van der Waals surface area contributed by atoms with Crippen LogP contribution in [0, 0.1) is 13.8 Å². The van der Waals surface area contributed by atoms with E-state index in [2.05, 4.69) is 40.8 Å². The molecule has 4 heterocycles. The largest absolute Gasteiger partial charge is 0.418 e. The molecule has 15 heteroatoms. The fourth-order valence-electron chi connectivity index (χ4n) is 5.32. The average molecular weight is 649 g/mol. The van der Waals surface area contributed by atoms with E-state index in [9.17, 15) is 18.3 Å². The van der Waals surface area contributed by atoms with Crippen LogP contribution in [0.25, 0.3) is 11.5 Å². The van der Waals surface area contributed by atoms with E-state index in [1.807, 2.05) is 19.1 Å². The van der Waals surface area contributed by atoms with Crippen LogP contribution < -0.4 is 16.0 Å². The van der Waals surface area contributed by atoms with Crippen molar-refractivity contribution in [3.63, 3.8) is 0 Å². The van der Waals surface area contributed by atoms with Gasteiger partial charge in [-0.3, -0.25) is 9.47 Å². The van der Waals surface area contributed by atoms with E-state index in [0.717, 1.165) is 51.0 Å². The zero-order chi connectivity index (χ0) is 33.0. The minimum atomic E-state index is -4.62. The van der Waals surface area contributed by atoms with Crippen LogP contribution >= 0.6 is 0 Å². The molecule has 0 saturated carbocycles. The summed E-state index contributed by atoms with van der Waals surface area (Å²) in [4.78, 5) is 19.6. The molecular formula is C32H35F3N10O2. The lowest BCUT2D eigenvalue weighted by molar-refractivity contribution is -0.137. The number of nitrogens with zero attached hydrogens (tertiary/aromatic N) is 7. The topological polar surface area (TPSA) is 130 Å². The van der Waals surface area contributed by atoms with Crippen molar-refractivity contribution in [1.82, 2.24) is 34.0 Å². The molecule has 0 aliphatic carbocycles. The van der Waals surface area contributed by atoms with Crippen molar-refractivity contribution in [2.75, 3.05) is 55.3 Å². The first kappa shape index (κ1) is 32.0. The van der Waals surface area contributed by atoms with Crippen LogP contribution in [-0.2, 0) is 10.9 Å². The van der Waals surface area contributed by atoms with Crippen molar-refractivity contribution in [3.8, 4) is 11.5 Å². The van der Waals surface area contributed by atoms with E-state index in [4.69, 9.17) is 4.74 Å². The fraction of sp³-hybridized carbons (Fsp3) is 0.312. The third kappa shape index (κ3) is 7.53. The summed E-state index contributed by atoms with van der Waals surface area (Å²) in [6, 6.07) is 10.9. The summed E-state index contributed by atoms with van der Waals surface area (Å²) in [5.74, 6) is 2.18. The highest BCUT2D eigenvalue weighted by molar-refractivity contribution is 5.62. The Hall–Kier alpha value is -4.99. The molecule has 1 unspecified atom stereocenters. The Kier molecular flexibility index (Phi) is 9.38. The molecule has 6 rings (SSSR count). The Labute approximate surface area is 269 Å². The number of halogens is 3. The summed E-state index contributed by atoms with van der Waals surface area (Å²) < 4.78 is 50.7. The van der Waals surface area contributed by atoms with Gasteiger partial charge in [0, 0.05) is 74.0 Å². The van der Waals surface area contributed by atoms with E-state index in [1.54, 1.807) is 36.0 Å². The molecule has 0 bridgehead atoms. The number of aromatic nitrogens is 6. The Balaban J connectivity index is 1.16. The molecule has 0 radical (unpaired) electrons. The van der Waals surface area contributed by atoms with Gasteiger partial charge in [0.2, 0.25) is 5.95 Å². The number of ether oxygens (including phenoxy) is 1. The Morgan fingerprint density at radius 2 is 1.72 bits per heavy atom. The van der Waals surface area contributed by atoms with E-state index in [1.165, 1.54) is 35.4 Å². The molecule has 5 aromatic rings. The van der Waals surface area contributed by atoms with Crippen molar-refractivity contribution >= 4 is 23.1 Å². The summed E-state index contributed by atoms with van der Waals surface area (Å²) in [6.45, 7) is 8.43. The second-order valence-corrected chi connectivity index (χ2v) is 11.1. The lowest BCUT2D eigenvalue weighted by Crippen LogP contribution is -2.39. The molecule has 4 N–H and O–H groups in total.